The molecule has 0 atom stereocenters. The summed E-state index contributed by atoms with van der Waals surface area (Å²) in [7, 11) is 1.70. The van der Waals surface area contributed by atoms with Crippen LogP contribution in [0.4, 0.5) is 10.1 Å². The third-order valence-corrected chi connectivity index (χ3v) is 4.37. The number of para-hydroxylation sites is 1. The van der Waals surface area contributed by atoms with Crippen LogP contribution in [0.5, 0.6) is 0 Å². The van der Waals surface area contributed by atoms with Gasteiger partial charge in [0.2, 0.25) is 23.5 Å². The topological polar surface area (TPSA) is 88.3 Å². The predicted molar refractivity (Wildman–Crippen MR) is 105 cm³/mol. The quantitative estimate of drug-likeness (QED) is 0.661. The maximum Gasteiger partial charge on any atom is 0.227 e. The van der Waals surface area contributed by atoms with Gasteiger partial charge < -0.3 is 14.7 Å². The van der Waals surface area contributed by atoms with Crippen molar-refractivity contribution in [3.63, 3.8) is 0 Å². The molecule has 0 aliphatic rings. The van der Waals surface area contributed by atoms with Crippen LogP contribution in [0.3, 0.4) is 0 Å². The fourth-order valence-electron chi connectivity index (χ4n) is 2.65. The van der Waals surface area contributed by atoms with E-state index in [9.17, 15) is 14.0 Å². The molecule has 7 nitrogen and oxygen atoms in total. The van der Waals surface area contributed by atoms with Crippen molar-refractivity contribution in [3.05, 3.63) is 65.8 Å². The Bertz CT molecular complexity index is 1000. The van der Waals surface area contributed by atoms with Crippen LogP contribution in [-0.2, 0) is 22.6 Å². The summed E-state index contributed by atoms with van der Waals surface area (Å²) in [6.07, 6.45) is 0.428. The average Bonchev–Trinajstić information content (AvgIpc) is 3.17. The van der Waals surface area contributed by atoms with E-state index in [1.54, 1.807) is 30.1 Å². The van der Waals surface area contributed by atoms with Crippen LogP contribution in [0.15, 0.2) is 53.1 Å². The molecule has 0 radical (unpaired) electrons. The van der Waals surface area contributed by atoms with Crippen LogP contribution in [0.25, 0.3) is 11.4 Å². The number of aryl methyl sites for hydroxylation is 1. The van der Waals surface area contributed by atoms with Crippen LogP contribution >= 0.6 is 0 Å². The van der Waals surface area contributed by atoms with Crippen LogP contribution in [-0.4, -0.2) is 33.9 Å². The Labute approximate surface area is 167 Å². The zero-order valence-corrected chi connectivity index (χ0v) is 16.2. The summed E-state index contributed by atoms with van der Waals surface area (Å²) in [6.45, 7) is 1.89. The van der Waals surface area contributed by atoms with E-state index in [-0.39, 0.29) is 30.5 Å². The maximum absolute atomic E-state index is 13.0. The van der Waals surface area contributed by atoms with E-state index in [2.05, 4.69) is 15.5 Å². The third-order valence-electron chi connectivity index (χ3n) is 4.37. The molecule has 2 amide bonds. The van der Waals surface area contributed by atoms with Crippen LogP contribution < -0.4 is 5.32 Å². The first-order chi connectivity index (χ1) is 13.9. The van der Waals surface area contributed by atoms with Gasteiger partial charge in [0.1, 0.15) is 5.82 Å². The zero-order chi connectivity index (χ0) is 20.8. The fourth-order valence-corrected chi connectivity index (χ4v) is 2.65. The van der Waals surface area contributed by atoms with E-state index in [1.807, 2.05) is 18.2 Å². The molecule has 0 spiro atoms. The summed E-state index contributed by atoms with van der Waals surface area (Å²) in [4.78, 5) is 29.6. The fraction of sp³-hybridized carbons (Fsp3) is 0.238. The van der Waals surface area contributed by atoms with E-state index in [0.717, 1.165) is 5.56 Å². The number of hydrogen-bond donors (Lipinski definition) is 1. The Morgan fingerprint density at radius 1 is 1.14 bits per heavy atom. The molecule has 0 unspecified atom stereocenters. The minimum atomic E-state index is -0.344. The summed E-state index contributed by atoms with van der Waals surface area (Å²) in [5.74, 6) is 0.0648. The van der Waals surface area contributed by atoms with Crippen LogP contribution in [0.2, 0.25) is 0 Å². The lowest BCUT2D eigenvalue weighted by Crippen LogP contribution is -2.24. The number of amides is 2. The molecule has 1 N–H and O–H groups in total. The van der Waals surface area contributed by atoms with Crippen molar-refractivity contribution in [1.29, 1.82) is 0 Å². The highest BCUT2D eigenvalue weighted by molar-refractivity contribution is 5.91. The van der Waals surface area contributed by atoms with Crippen molar-refractivity contribution in [2.75, 3.05) is 12.4 Å². The molecule has 0 saturated heterocycles. The number of nitrogens with zero attached hydrogens (tertiary/aromatic N) is 3. The second-order valence-electron chi connectivity index (χ2n) is 6.60. The van der Waals surface area contributed by atoms with Crippen molar-refractivity contribution in [1.82, 2.24) is 15.0 Å². The molecule has 150 valence electrons. The monoisotopic (exact) mass is 396 g/mol. The summed E-state index contributed by atoms with van der Waals surface area (Å²) in [5, 5.41) is 6.72. The molecule has 8 heteroatoms. The van der Waals surface area contributed by atoms with Gasteiger partial charge in [-0.1, -0.05) is 23.4 Å². The number of carbonyl (C=O) groups is 2. The SMILES string of the molecule is CC(=O)N(C)Cc1ccccc1NC(=O)CCc1nc(-c2ccc(F)cc2)no1. The molecule has 3 rings (SSSR count). The van der Waals surface area contributed by atoms with E-state index < -0.39 is 0 Å². The van der Waals surface area contributed by atoms with Crippen molar-refractivity contribution >= 4 is 17.5 Å². The van der Waals surface area contributed by atoms with Crippen LogP contribution in [0.1, 0.15) is 24.8 Å². The van der Waals surface area contributed by atoms with Crippen LogP contribution in [0, 0.1) is 5.82 Å². The lowest BCUT2D eigenvalue weighted by atomic mass is 10.1. The smallest absolute Gasteiger partial charge is 0.227 e. The lowest BCUT2D eigenvalue weighted by molar-refractivity contribution is -0.128. The number of benzene rings is 2. The van der Waals surface area contributed by atoms with Gasteiger partial charge in [-0.05, 0) is 35.9 Å². The molecule has 1 heterocycles. The largest absolute Gasteiger partial charge is 0.342 e. The van der Waals surface area contributed by atoms with Crippen molar-refractivity contribution < 1.29 is 18.5 Å². The number of hydrogen-bond acceptors (Lipinski definition) is 5. The highest BCUT2D eigenvalue weighted by atomic mass is 19.1. The molecule has 0 bridgehead atoms. The van der Waals surface area contributed by atoms with Gasteiger partial charge in [-0.25, -0.2) is 4.39 Å². The van der Waals surface area contributed by atoms with Crippen molar-refractivity contribution in [2.45, 2.75) is 26.3 Å². The van der Waals surface area contributed by atoms with Gasteiger partial charge in [-0.15, -0.1) is 0 Å². The molecule has 1 aromatic heterocycles. The Morgan fingerprint density at radius 3 is 2.59 bits per heavy atom. The Morgan fingerprint density at radius 2 is 1.86 bits per heavy atom. The van der Waals surface area contributed by atoms with Gasteiger partial charge in [0, 0.05) is 44.6 Å². The number of carbonyl (C=O) groups excluding carboxylic acids is 2. The molecule has 0 aliphatic heterocycles. The van der Waals surface area contributed by atoms with Gasteiger partial charge in [0.25, 0.3) is 0 Å². The lowest BCUT2D eigenvalue weighted by Gasteiger charge is -2.17. The average molecular weight is 396 g/mol. The first kappa shape index (κ1) is 20.2. The number of nitrogens with one attached hydrogen (secondary N) is 1. The van der Waals surface area contributed by atoms with E-state index in [4.69, 9.17) is 4.52 Å². The third kappa shape index (κ3) is 5.47. The van der Waals surface area contributed by atoms with Gasteiger partial charge in [0.05, 0.1) is 0 Å². The van der Waals surface area contributed by atoms with Gasteiger partial charge in [-0.3, -0.25) is 9.59 Å². The summed E-state index contributed by atoms with van der Waals surface area (Å²) in [6, 6.07) is 13.1. The first-order valence-electron chi connectivity index (χ1n) is 9.10. The molecular formula is C21H21FN4O3. The number of rotatable bonds is 7. The molecule has 29 heavy (non-hydrogen) atoms. The second-order valence-corrected chi connectivity index (χ2v) is 6.60. The molecule has 0 fully saturated rings. The van der Waals surface area contributed by atoms with Gasteiger partial charge in [0.15, 0.2) is 0 Å². The minimum Gasteiger partial charge on any atom is -0.342 e. The Balaban J connectivity index is 1.58. The summed E-state index contributed by atoms with van der Waals surface area (Å²) in [5.41, 5.74) is 2.13. The molecule has 3 aromatic rings. The zero-order valence-electron chi connectivity index (χ0n) is 16.2. The standard InChI is InChI=1S/C21H21FN4O3/c1-14(27)26(2)13-16-5-3-4-6-18(16)23-19(28)11-12-20-24-21(25-29-20)15-7-9-17(22)10-8-15/h3-10H,11-13H2,1-2H3,(H,23,28). The normalized spacial score (nSPS) is 10.6. The van der Waals surface area contributed by atoms with Gasteiger partial charge >= 0.3 is 0 Å². The highest BCUT2D eigenvalue weighted by Crippen LogP contribution is 2.19. The minimum absolute atomic E-state index is 0.0560. The summed E-state index contributed by atoms with van der Waals surface area (Å²) >= 11 is 0. The molecule has 2 aromatic carbocycles. The highest BCUT2D eigenvalue weighted by Gasteiger charge is 2.13. The number of halogens is 1. The van der Waals surface area contributed by atoms with Crippen molar-refractivity contribution in [2.24, 2.45) is 0 Å². The number of aromatic nitrogens is 2. The first-order valence-corrected chi connectivity index (χ1v) is 9.10. The van der Waals surface area contributed by atoms with Gasteiger partial charge in [-0.2, -0.15) is 4.98 Å². The number of anilines is 1. The second kappa shape index (κ2) is 9.09. The molecular weight excluding hydrogens is 375 g/mol. The van der Waals surface area contributed by atoms with E-state index >= 15 is 0 Å². The van der Waals surface area contributed by atoms with E-state index in [1.165, 1.54) is 19.1 Å². The summed E-state index contributed by atoms with van der Waals surface area (Å²) < 4.78 is 18.2. The predicted octanol–water partition coefficient (Wildman–Crippen LogP) is 3.43. The Hall–Kier alpha value is -3.55. The van der Waals surface area contributed by atoms with Crippen molar-refractivity contribution in [3.8, 4) is 11.4 Å². The Kier molecular flexibility index (Phi) is 6.33. The van der Waals surface area contributed by atoms with E-state index in [0.29, 0.717) is 29.5 Å². The molecule has 0 aliphatic carbocycles. The molecule has 0 saturated carbocycles. The maximum atomic E-state index is 13.0.